The van der Waals surface area contributed by atoms with Crippen molar-refractivity contribution >= 4 is 0 Å². The van der Waals surface area contributed by atoms with Gasteiger partial charge in [0.1, 0.15) is 0 Å². The molecular weight excluding hydrogens is 196 g/mol. The number of hydrogen-bond acceptors (Lipinski definition) is 2. The molecule has 2 rings (SSSR count). The van der Waals surface area contributed by atoms with Crippen molar-refractivity contribution < 1.29 is 0 Å². The van der Waals surface area contributed by atoms with Crippen molar-refractivity contribution in [1.82, 2.24) is 4.90 Å². The van der Waals surface area contributed by atoms with Gasteiger partial charge in [0.25, 0.3) is 0 Å². The maximum absolute atomic E-state index is 6.09. The molecule has 2 fully saturated rings. The van der Waals surface area contributed by atoms with Crippen LogP contribution in [0.4, 0.5) is 0 Å². The molecule has 2 nitrogen and oxygen atoms in total. The molecule has 0 amide bonds. The zero-order chi connectivity index (χ0) is 11.8. The largest absolute Gasteiger partial charge is 0.327 e. The third-order valence-corrected chi connectivity index (χ3v) is 4.83. The van der Waals surface area contributed by atoms with E-state index in [2.05, 4.69) is 25.7 Å². The molecule has 0 aromatic carbocycles. The second kappa shape index (κ2) is 4.66. The molecule has 2 N–H and O–H groups in total. The van der Waals surface area contributed by atoms with Crippen molar-refractivity contribution in [1.29, 1.82) is 0 Å². The van der Waals surface area contributed by atoms with E-state index in [0.29, 0.717) is 17.4 Å². The first kappa shape index (κ1) is 12.4. The van der Waals surface area contributed by atoms with Crippen LogP contribution in [0, 0.1) is 11.3 Å². The normalized spacial score (nSPS) is 37.5. The Kier molecular flexibility index (Phi) is 3.60. The van der Waals surface area contributed by atoms with Crippen LogP contribution in [0.2, 0.25) is 0 Å². The van der Waals surface area contributed by atoms with Crippen LogP contribution in [-0.4, -0.2) is 30.1 Å². The Morgan fingerprint density at radius 1 is 1.12 bits per heavy atom. The van der Waals surface area contributed by atoms with Gasteiger partial charge in [0, 0.05) is 18.6 Å². The van der Waals surface area contributed by atoms with Crippen molar-refractivity contribution in [2.75, 3.05) is 13.1 Å². The lowest BCUT2D eigenvalue weighted by Gasteiger charge is -2.44. The summed E-state index contributed by atoms with van der Waals surface area (Å²) in [6, 6.07) is 1.29. The third kappa shape index (κ3) is 2.78. The number of nitrogens with two attached hydrogens (primary N) is 1. The Balaban J connectivity index is 1.85. The fourth-order valence-corrected chi connectivity index (χ4v) is 3.28. The minimum Gasteiger partial charge on any atom is -0.327 e. The van der Waals surface area contributed by atoms with E-state index in [9.17, 15) is 0 Å². The Labute approximate surface area is 101 Å². The number of piperidine rings is 1. The lowest BCUT2D eigenvalue weighted by Crippen LogP contribution is -2.50. The Morgan fingerprint density at radius 3 is 2.31 bits per heavy atom. The highest BCUT2D eigenvalue weighted by Gasteiger charge is 2.33. The fourth-order valence-electron chi connectivity index (χ4n) is 3.28. The molecule has 2 unspecified atom stereocenters. The average molecular weight is 224 g/mol. The molecule has 0 aromatic rings. The van der Waals surface area contributed by atoms with Crippen molar-refractivity contribution in [2.24, 2.45) is 17.1 Å². The first-order chi connectivity index (χ1) is 7.48. The second-order valence-electron chi connectivity index (χ2n) is 6.82. The highest BCUT2D eigenvalue weighted by atomic mass is 15.2. The smallest absolute Gasteiger partial charge is 0.00957 e. The summed E-state index contributed by atoms with van der Waals surface area (Å²) in [6.45, 7) is 9.60. The van der Waals surface area contributed by atoms with E-state index in [1.165, 1.54) is 45.2 Å². The predicted octanol–water partition coefficient (Wildman–Crippen LogP) is 2.62. The SMILES string of the molecule is CC1CN(C2CCC(C)(C)CC2)CCC1N. The van der Waals surface area contributed by atoms with Crippen molar-refractivity contribution in [3.63, 3.8) is 0 Å². The summed E-state index contributed by atoms with van der Waals surface area (Å²) in [7, 11) is 0. The first-order valence-electron chi connectivity index (χ1n) is 6.97. The maximum atomic E-state index is 6.09. The van der Waals surface area contributed by atoms with Crippen LogP contribution in [0.5, 0.6) is 0 Å². The summed E-state index contributed by atoms with van der Waals surface area (Å²) in [5.74, 6) is 0.684. The zero-order valence-corrected chi connectivity index (χ0v) is 11.2. The molecule has 94 valence electrons. The molecule has 1 saturated heterocycles. The Bertz CT molecular complexity index is 227. The van der Waals surface area contributed by atoms with E-state index in [-0.39, 0.29) is 0 Å². The summed E-state index contributed by atoms with van der Waals surface area (Å²) in [5.41, 5.74) is 6.68. The van der Waals surface area contributed by atoms with Crippen molar-refractivity contribution in [3.05, 3.63) is 0 Å². The van der Waals surface area contributed by atoms with E-state index >= 15 is 0 Å². The molecule has 1 saturated carbocycles. The van der Waals surface area contributed by atoms with Gasteiger partial charge in [0.05, 0.1) is 0 Å². The number of nitrogens with zero attached hydrogens (tertiary/aromatic N) is 1. The quantitative estimate of drug-likeness (QED) is 0.742. The van der Waals surface area contributed by atoms with Crippen molar-refractivity contribution in [3.8, 4) is 0 Å². The van der Waals surface area contributed by atoms with Gasteiger partial charge in [-0.05, 0) is 50.0 Å². The Morgan fingerprint density at radius 2 is 1.75 bits per heavy atom. The van der Waals surface area contributed by atoms with Gasteiger partial charge in [-0.3, -0.25) is 0 Å². The molecule has 1 aliphatic carbocycles. The van der Waals surface area contributed by atoms with Crippen LogP contribution in [0.3, 0.4) is 0 Å². The van der Waals surface area contributed by atoms with Crippen LogP contribution in [-0.2, 0) is 0 Å². The highest BCUT2D eigenvalue weighted by molar-refractivity contribution is 4.88. The van der Waals surface area contributed by atoms with Gasteiger partial charge < -0.3 is 10.6 Å². The molecule has 16 heavy (non-hydrogen) atoms. The summed E-state index contributed by atoms with van der Waals surface area (Å²) >= 11 is 0. The van der Waals surface area contributed by atoms with Crippen LogP contribution in [0.15, 0.2) is 0 Å². The molecule has 0 radical (unpaired) electrons. The molecule has 2 heteroatoms. The summed E-state index contributed by atoms with van der Waals surface area (Å²) in [6.07, 6.45) is 6.79. The average Bonchev–Trinajstić information content (AvgIpc) is 2.22. The minimum atomic E-state index is 0.441. The summed E-state index contributed by atoms with van der Waals surface area (Å²) in [4.78, 5) is 2.71. The molecule has 0 bridgehead atoms. The van der Waals surface area contributed by atoms with Gasteiger partial charge in [-0.15, -0.1) is 0 Å². The first-order valence-corrected chi connectivity index (χ1v) is 6.97. The summed E-state index contributed by atoms with van der Waals surface area (Å²) < 4.78 is 0. The van der Waals surface area contributed by atoms with E-state index in [1.807, 2.05) is 0 Å². The number of hydrogen-bond donors (Lipinski definition) is 1. The molecule has 1 heterocycles. The standard InChI is InChI=1S/C14H28N2/c1-11-10-16(9-6-13(11)15)12-4-7-14(2,3)8-5-12/h11-13H,4-10,15H2,1-3H3. The molecular formula is C14H28N2. The van der Waals surface area contributed by atoms with Gasteiger partial charge in [-0.1, -0.05) is 20.8 Å². The van der Waals surface area contributed by atoms with Crippen LogP contribution in [0.1, 0.15) is 52.9 Å². The van der Waals surface area contributed by atoms with Gasteiger partial charge >= 0.3 is 0 Å². The molecule has 1 aliphatic heterocycles. The molecule has 2 aliphatic rings. The Hall–Kier alpha value is -0.0800. The van der Waals surface area contributed by atoms with Crippen LogP contribution >= 0.6 is 0 Å². The van der Waals surface area contributed by atoms with Gasteiger partial charge in [0.2, 0.25) is 0 Å². The maximum Gasteiger partial charge on any atom is 0.00957 e. The second-order valence-corrected chi connectivity index (χ2v) is 6.82. The van der Waals surface area contributed by atoms with E-state index in [4.69, 9.17) is 5.73 Å². The zero-order valence-electron chi connectivity index (χ0n) is 11.2. The lowest BCUT2D eigenvalue weighted by atomic mass is 9.75. The van der Waals surface area contributed by atoms with Crippen LogP contribution in [0.25, 0.3) is 0 Å². The third-order valence-electron chi connectivity index (χ3n) is 4.83. The highest BCUT2D eigenvalue weighted by Crippen LogP contribution is 2.37. The molecule has 0 spiro atoms. The van der Waals surface area contributed by atoms with E-state index in [1.54, 1.807) is 0 Å². The van der Waals surface area contributed by atoms with Crippen molar-refractivity contribution in [2.45, 2.75) is 65.0 Å². The monoisotopic (exact) mass is 224 g/mol. The summed E-state index contributed by atoms with van der Waals surface area (Å²) in [5, 5.41) is 0. The molecule has 2 atom stereocenters. The van der Waals surface area contributed by atoms with E-state index < -0.39 is 0 Å². The lowest BCUT2D eigenvalue weighted by molar-refractivity contribution is 0.0659. The van der Waals surface area contributed by atoms with Gasteiger partial charge in [0.15, 0.2) is 0 Å². The predicted molar refractivity (Wildman–Crippen MR) is 69.4 cm³/mol. The molecule has 0 aromatic heterocycles. The van der Waals surface area contributed by atoms with Gasteiger partial charge in [-0.25, -0.2) is 0 Å². The number of rotatable bonds is 1. The topological polar surface area (TPSA) is 29.3 Å². The number of likely N-dealkylation sites (tertiary alicyclic amines) is 1. The van der Waals surface area contributed by atoms with Gasteiger partial charge in [-0.2, -0.15) is 0 Å². The van der Waals surface area contributed by atoms with E-state index in [0.717, 1.165) is 6.04 Å². The minimum absolute atomic E-state index is 0.441. The van der Waals surface area contributed by atoms with Crippen LogP contribution < -0.4 is 5.73 Å². The fraction of sp³-hybridized carbons (Fsp3) is 1.00.